The molecule has 0 aliphatic rings. The predicted molar refractivity (Wildman–Crippen MR) is 159 cm³/mol. The van der Waals surface area contributed by atoms with Gasteiger partial charge >= 0.3 is 0 Å². The normalized spacial score (nSPS) is 12.2. The maximum absolute atomic E-state index is 11.9. The molecule has 0 spiro atoms. The van der Waals surface area contributed by atoms with Crippen molar-refractivity contribution in [1.82, 2.24) is 20.3 Å². The summed E-state index contributed by atoms with van der Waals surface area (Å²) in [6.07, 6.45) is 30.0. The van der Waals surface area contributed by atoms with Crippen LogP contribution in [0.4, 0.5) is 0 Å². The summed E-state index contributed by atoms with van der Waals surface area (Å²) in [5.74, 6) is 0.0731. The molecule has 1 rings (SSSR count). The zero-order chi connectivity index (χ0) is 28.1. The summed E-state index contributed by atoms with van der Waals surface area (Å²) >= 11 is 0. The fraction of sp³-hybridized carbons (Fsp3) is 0.645. The number of aryl methyl sites for hydroxylation is 1. The second kappa shape index (κ2) is 27.0. The summed E-state index contributed by atoms with van der Waals surface area (Å²) < 4.78 is 18.2. The Morgan fingerprint density at radius 1 is 0.795 bits per heavy atom. The third-order valence-electron chi connectivity index (χ3n) is 5.66. The molecule has 1 aromatic rings. The van der Waals surface area contributed by atoms with Crippen LogP contribution >= 0.6 is 0 Å². The molecule has 0 saturated carbocycles. The van der Waals surface area contributed by atoms with Crippen molar-refractivity contribution in [2.75, 3.05) is 46.2 Å². The molecule has 0 saturated heterocycles. The molecule has 0 aliphatic carbocycles. The van der Waals surface area contributed by atoms with Gasteiger partial charge in [-0.25, -0.2) is 4.68 Å². The first-order valence-corrected chi connectivity index (χ1v) is 14.7. The Kier molecular flexibility index (Phi) is 23.9. The minimum Gasteiger partial charge on any atom is -0.377 e. The zero-order valence-electron chi connectivity index (χ0n) is 24.4. The molecule has 0 atom stereocenters. The molecule has 0 fully saturated rings. The summed E-state index contributed by atoms with van der Waals surface area (Å²) in [5.41, 5.74) is 0.899. The first kappa shape index (κ1) is 34.5. The van der Waals surface area contributed by atoms with Gasteiger partial charge in [0.1, 0.15) is 0 Å². The molecular formula is C31H52N4O4. The van der Waals surface area contributed by atoms with Crippen molar-refractivity contribution in [2.45, 2.75) is 84.6 Å². The number of aromatic nitrogens is 3. The van der Waals surface area contributed by atoms with Crippen LogP contribution in [0.25, 0.3) is 0 Å². The average molecular weight is 545 g/mol. The molecule has 39 heavy (non-hydrogen) atoms. The number of allylic oxidation sites excluding steroid dienone is 8. The maximum atomic E-state index is 11.9. The van der Waals surface area contributed by atoms with Crippen molar-refractivity contribution in [2.24, 2.45) is 0 Å². The van der Waals surface area contributed by atoms with E-state index in [-0.39, 0.29) is 5.91 Å². The molecule has 1 amide bonds. The molecule has 0 bridgehead atoms. The Hall–Kier alpha value is -2.55. The van der Waals surface area contributed by atoms with Crippen LogP contribution in [-0.2, 0) is 25.5 Å². The highest BCUT2D eigenvalue weighted by Crippen LogP contribution is 2.01. The summed E-state index contributed by atoms with van der Waals surface area (Å²) in [5, 5.41) is 10.8. The van der Waals surface area contributed by atoms with Crippen molar-refractivity contribution in [3.05, 3.63) is 60.5 Å². The van der Waals surface area contributed by atoms with E-state index in [1.54, 1.807) is 4.68 Å². The number of rotatable bonds is 26. The van der Waals surface area contributed by atoms with Crippen molar-refractivity contribution < 1.29 is 19.0 Å². The monoisotopic (exact) mass is 544 g/mol. The van der Waals surface area contributed by atoms with Gasteiger partial charge < -0.3 is 19.5 Å². The van der Waals surface area contributed by atoms with Gasteiger partial charge in [0.15, 0.2) is 0 Å². The Morgan fingerprint density at radius 2 is 1.36 bits per heavy atom. The second-order valence-electron chi connectivity index (χ2n) is 9.29. The first-order valence-electron chi connectivity index (χ1n) is 14.7. The Balaban J connectivity index is 1.80. The summed E-state index contributed by atoms with van der Waals surface area (Å²) in [6.45, 7) is 8.47. The van der Waals surface area contributed by atoms with Crippen LogP contribution in [0.2, 0.25) is 0 Å². The minimum atomic E-state index is 0.0731. The molecule has 0 aliphatic heterocycles. The van der Waals surface area contributed by atoms with Crippen molar-refractivity contribution >= 4 is 5.91 Å². The SMILES string of the molecule is CCCCC/C=C\C/C=C\C/C=C\C/C=C\CCCC(=O)NCCOCCOCCOCCn1cc(C)nn1. The van der Waals surface area contributed by atoms with Crippen LogP contribution in [-0.4, -0.2) is 67.1 Å². The van der Waals surface area contributed by atoms with Crippen LogP contribution in [0.3, 0.4) is 0 Å². The van der Waals surface area contributed by atoms with Crippen LogP contribution in [0.5, 0.6) is 0 Å². The Labute approximate surface area is 236 Å². The number of amides is 1. The standard InChI is InChI=1S/C31H52N4O4/c1-3-4-5-6-7-8-9-10-11-12-13-14-15-16-17-18-19-20-31(36)32-21-23-37-25-27-39-28-26-38-24-22-35-29-30(2)33-34-35/h7-8,10-11,13-14,16-17,29H,3-6,9,12,15,18-28H2,1-2H3,(H,32,36)/b8-7-,11-10-,14-13-,17-16-. The molecule has 1 heterocycles. The van der Waals surface area contributed by atoms with Crippen LogP contribution < -0.4 is 5.32 Å². The minimum absolute atomic E-state index is 0.0731. The number of ether oxygens (including phenoxy) is 3. The molecule has 1 N–H and O–H groups in total. The third kappa shape index (κ3) is 24.2. The van der Waals surface area contributed by atoms with Gasteiger partial charge in [0.25, 0.3) is 0 Å². The van der Waals surface area contributed by atoms with E-state index in [2.05, 4.69) is 71.2 Å². The number of unbranched alkanes of at least 4 members (excludes halogenated alkanes) is 4. The molecular weight excluding hydrogens is 492 g/mol. The first-order chi connectivity index (χ1) is 19.2. The van der Waals surface area contributed by atoms with E-state index in [1.807, 2.05) is 13.1 Å². The number of nitrogens with zero attached hydrogens (tertiary/aromatic N) is 3. The summed E-state index contributed by atoms with van der Waals surface area (Å²) in [6, 6.07) is 0. The van der Waals surface area contributed by atoms with Gasteiger partial charge in [-0.15, -0.1) is 5.10 Å². The van der Waals surface area contributed by atoms with Crippen LogP contribution in [0.15, 0.2) is 54.8 Å². The lowest BCUT2D eigenvalue weighted by Crippen LogP contribution is -2.27. The number of hydrogen-bond acceptors (Lipinski definition) is 6. The Bertz CT molecular complexity index is 817. The highest BCUT2D eigenvalue weighted by molar-refractivity contribution is 5.75. The predicted octanol–water partition coefficient (Wildman–Crippen LogP) is 5.90. The van der Waals surface area contributed by atoms with E-state index in [4.69, 9.17) is 14.2 Å². The van der Waals surface area contributed by atoms with Gasteiger partial charge in [0.05, 0.1) is 51.9 Å². The highest BCUT2D eigenvalue weighted by atomic mass is 16.5. The maximum Gasteiger partial charge on any atom is 0.220 e. The van der Waals surface area contributed by atoms with Gasteiger partial charge in [0.2, 0.25) is 5.91 Å². The molecule has 0 radical (unpaired) electrons. The number of carbonyl (C=O) groups is 1. The third-order valence-corrected chi connectivity index (χ3v) is 5.66. The lowest BCUT2D eigenvalue weighted by molar-refractivity contribution is -0.121. The lowest BCUT2D eigenvalue weighted by Gasteiger charge is -2.08. The highest BCUT2D eigenvalue weighted by Gasteiger charge is 2.00. The lowest BCUT2D eigenvalue weighted by atomic mass is 10.2. The number of carbonyl (C=O) groups excluding carboxylic acids is 1. The van der Waals surface area contributed by atoms with Gasteiger partial charge in [-0.1, -0.05) is 73.6 Å². The Morgan fingerprint density at radius 3 is 1.95 bits per heavy atom. The van der Waals surface area contributed by atoms with Crippen molar-refractivity contribution in [1.29, 1.82) is 0 Å². The van der Waals surface area contributed by atoms with Crippen LogP contribution in [0, 0.1) is 6.92 Å². The van der Waals surface area contributed by atoms with E-state index < -0.39 is 0 Å². The smallest absolute Gasteiger partial charge is 0.220 e. The number of hydrogen-bond donors (Lipinski definition) is 1. The topological polar surface area (TPSA) is 87.5 Å². The molecule has 220 valence electrons. The van der Waals surface area contributed by atoms with E-state index in [9.17, 15) is 4.79 Å². The van der Waals surface area contributed by atoms with E-state index >= 15 is 0 Å². The largest absolute Gasteiger partial charge is 0.377 e. The van der Waals surface area contributed by atoms with E-state index in [0.717, 1.165) is 37.8 Å². The summed E-state index contributed by atoms with van der Waals surface area (Å²) in [4.78, 5) is 11.9. The fourth-order valence-electron chi connectivity index (χ4n) is 3.50. The van der Waals surface area contributed by atoms with Gasteiger partial charge in [-0.2, -0.15) is 0 Å². The molecule has 0 aromatic carbocycles. The molecule has 0 unspecified atom stereocenters. The number of nitrogens with one attached hydrogen (secondary N) is 1. The van der Waals surface area contributed by atoms with Gasteiger partial charge in [0, 0.05) is 19.2 Å². The van der Waals surface area contributed by atoms with E-state index in [1.165, 1.54) is 25.7 Å². The van der Waals surface area contributed by atoms with Gasteiger partial charge in [-0.3, -0.25) is 4.79 Å². The molecule has 8 nitrogen and oxygen atoms in total. The molecule has 1 aromatic heterocycles. The van der Waals surface area contributed by atoms with Crippen molar-refractivity contribution in [3.63, 3.8) is 0 Å². The van der Waals surface area contributed by atoms with Gasteiger partial charge in [-0.05, 0) is 51.9 Å². The van der Waals surface area contributed by atoms with E-state index in [0.29, 0.717) is 59.2 Å². The summed E-state index contributed by atoms with van der Waals surface area (Å²) in [7, 11) is 0. The quantitative estimate of drug-likeness (QED) is 0.115. The average Bonchev–Trinajstić information content (AvgIpc) is 3.35. The zero-order valence-corrected chi connectivity index (χ0v) is 24.4. The van der Waals surface area contributed by atoms with Crippen molar-refractivity contribution in [3.8, 4) is 0 Å². The van der Waals surface area contributed by atoms with Crippen LogP contribution in [0.1, 0.15) is 76.8 Å². The fourth-order valence-corrected chi connectivity index (χ4v) is 3.50. The second-order valence-corrected chi connectivity index (χ2v) is 9.29. The molecule has 8 heteroatoms.